The summed E-state index contributed by atoms with van der Waals surface area (Å²) < 4.78 is 0. The highest BCUT2D eigenvalue weighted by atomic mass is 16.3. The number of fused-ring (bicyclic) bond motifs is 2. The van der Waals surface area contributed by atoms with Crippen molar-refractivity contribution in [3.63, 3.8) is 0 Å². The van der Waals surface area contributed by atoms with Crippen molar-refractivity contribution in [2.75, 3.05) is 36.5 Å². The highest BCUT2D eigenvalue weighted by molar-refractivity contribution is 6.08. The van der Waals surface area contributed by atoms with Crippen LogP contribution in [-0.2, 0) is 0 Å². The zero-order valence-corrected chi connectivity index (χ0v) is 15.5. The number of anilines is 3. The minimum Gasteiger partial charge on any atom is -0.395 e. The van der Waals surface area contributed by atoms with Crippen LogP contribution in [0.1, 0.15) is 0 Å². The van der Waals surface area contributed by atoms with Crippen molar-refractivity contribution in [2.24, 2.45) is 0 Å². The van der Waals surface area contributed by atoms with E-state index < -0.39 is 0 Å². The van der Waals surface area contributed by atoms with Crippen LogP contribution in [-0.4, -0.2) is 41.5 Å². The first kappa shape index (κ1) is 18.2. The van der Waals surface area contributed by atoms with Gasteiger partial charge in [-0.25, -0.2) is 4.98 Å². The van der Waals surface area contributed by atoms with Crippen molar-refractivity contribution < 1.29 is 10.2 Å². The van der Waals surface area contributed by atoms with Gasteiger partial charge in [0.05, 0.1) is 29.9 Å². The lowest BCUT2D eigenvalue weighted by Gasteiger charge is -2.23. The van der Waals surface area contributed by atoms with Gasteiger partial charge in [0.15, 0.2) is 0 Å². The quantitative estimate of drug-likeness (QED) is 0.428. The van der Waals surface area contributed by atoms with Crippen LogP contribution in [0.3, 0.4) is 0 Å². The maximum atomic E-state index is 9.23. The van der Waals surface area contributed by atoms with Gasteiger partial charge in [-0.15, -0.1) is 0 Å². The van der Waals surface area contributed by atoms with Gasteiger partial charge in [-0.1, -0.05) is 36.4 Å². The fourth-order valence-corrected chi connectivity index (χ4v) is 3.49. The smallest absolute Gasteiger partial charge is 0.0730 e. The van der Waals surface area contributed by atoms with E-state index in [1.165, 1.54) is 0 Å². The van der Waals surface area contributed by atoms with Crippen LogP contribution in [0, 0.1) is 0 Å². The molecule has 0 saturated carbocycles. The minimum atomic E-state index is 0.0506. The Morgan fingerprint density at radius 1 is 0.714 bits per heavy atom. The molecule has 0 aliphatic heterocycles. The van der Waals surface area contributed by atoms with Crippen molar-refractivity contribution in [3.8, 4) is 0 Å². The lowest BCUT2D eigenvalue weighted by Crippen LogP contribution is -2.29. The Balaban J connectivity index is 1.71. The van der Waals surface area contributed by atoms with Gasteiger partial charge in [0, 0.05) is 35.2 Å². The molecular formula is C23H23N3O2. The van der Waals surface area contributed by atoms with Gasteiger partial charge in [0.2, 0.25) is 0 Å². The Bertz CT molecular complexity index is 1020. The number of nitrogens with zero attached hydrogens (tertiary/aromatic N) is 2. The summed E-state index contributed by atoms with van der Waals surface area (Å²) in [7, 11) is 0. The fourth-order valence-electron chi connectivity index (χ4n) is 3.49. The van der Waals surface area contributed by atoms with E-state index in [1.54, 1.807) is 0 Å². The molecule has 3 aromatic carbocycles. The predicted molar refractivity (Wildman–Crippen MR) is 115 cm³/mol. The van der Waals surface area contributed by atoms with Crippen LogP contribution < -0.4 is 10.2 Å². The molecule has 1 heterocycles. The molecule has 0 radical (unpaired) electrons. The fraction of sp³-hybridized carbons (Fsp3) is 0.174. The number of rotatable bonds is 7. The molecule has 0 fully saturated rings. The summed E-state index contributed by atoms with van der Waals surface area (Å²) in [5.41, 5.74) is 4.89. The number of para-hydroxylation sites is 2. The van der Waals surface area contributed by atoms with E-state index in [9.17, 15) is 10.2 Å². The van der Waals surface area contributed by atoms with Gasteiger partial charge in [-0.3, -0.25) is 0 Å². The molecule has 0 spiro atoms. The van der Waals surface area contributed by atoms with E-state index in [-0.39, 0.29) is 13.2 Å². The number of nitrogens with one attached hydrogen (secondary N) is 1. The average Bonchev–Trinajstić information content (AvgIpc) is 2.74. The van der Waals surface area contributed by atoms with Crippen LogP contribution in [0.5, 0.6) is 0 Å². The summed E-state index contributed by atoms with van der Waals surface area (Å²) in [6, 6.07) is 24.3. The lowest BCUT2D eigenvalue weighted by atomic mass is 10.1. The number of hydrogen-bond acceptors (Lipinski definition) is 5. The van der Waals surface area contributed by atoms with E-state index in [2.05, 4.69) is 17.4 Å². The molecule has 5 heteroatoms. The maximum Gasteiger partial charge on any atom is 0.0730 e. The second-order valence-electron chi connectivity index (χ2n) is 6.63. The zero-order valence-electron chi connectivity index (χ0n) is 15.5. The van der Waals surface area contributed by atoms with E-state index in [1.807, 2.05) is 65.6 Å². The third kappa shape index (κ3) is 3.63. The molecule has 0 aliphatic rings. The average molecular weight is 373 g/mol. The first-order valence-electron chi connectivity index (χ1n) is 9.41. The van der Waals surface area contributed by atoms with E-state index in [0.29, 0.717) is 13.1 Å². The number of aliphatic hydroxyl groups is 2. The number of benzene rings is 3. The third-order valence-corrected chi connectivity index (χ3v) is 4.83. The number of hydrogen-bond donors (Lipinski definition) is 3. The molecular weight excluding hydrogens is 350 g/mol. The van der Waals surface area contributed by atoms with Gasteiger partial charge < -0.3 is 20.4 Å². The molecule has 4 aromatic rings. The van der Waals surface area contributed by atoms with Crippen molar-refractivity contribution in [1.29, 1.82) is 0 Å². The van der Waals surface area contributed by atoms with E-state index in [0.717, 1.165) is 38.9 Å². The summed E-state index contributed by atoms with van der Waals surface area (Å²) >= 11 is 0. The summed E-state index contributed by atoms with van der Waals surface area (Å²) in [5, 5.41) is 24.2. The second kappa shape index (κ2) is 8.25. The Kier molecular flexibility index (Phi) is 5.37. The minimum absolute atomic E-state index is 0.0506. The highest BCUT2D eigenvalue weighted by Crippen LogP contribution is 2.33. The molecule has 0 amide bonds. The number of aromatic nitrogens is 1. The monoisotopic (exact) mass is 373 g/mol. The first-order chi connectivity index (χ1) is 13.8. The molecule has 5 nitrogen and oxygen atoms in total. The summed E-state index contributed by atoms with van der Waals surface area (Å²) in [6.45, 7) is 1.09. The third-order valence-electron chi connectivity index (χ3n) is 4.83. The Labute approximate surface area is 163 Å². The van der Waals surface area contributed by atoms with Crippen LogP contribution in [0.4, 0.5) is 17.1 Å². The Morgan fingerprint density at radius 2 is 1.25 bits per heavy atom. The Hall–Kier alpha value is -3.15. The standard InChI is InChI=1S/C23H23N3O2/c27-15-13-26(14-16-28)18-11-9-17(10-12-18)24-23-19-5-1-3-7-21(19)25-22-8-4-2-6-20(22)23/h1-12,27-28H,13-16H2,(H,24,25). The molecule has 0 saturated heterocycles. The normalized spacial score (nSPS) is 11.1. The van der Waals surface area contributed by atoms with Crippen molar-refractivity contribution in [2.45, 2.75) is 0 Å². The van der Waals surface area contributed by atoms with Crippen molar-refractivity contribution in [3.05, 3.63) is 72.8 Å². The van der Waals surface area contributed by atoms with Crippen LogP contribution in [0.2, 0.25) is 0 Å². The van der Waals surface area contributed by atoms with Gasteiger partial charge in [0.25, 0.3) is 0 Å². The molecule has 28 heavy (non-hydrogen) atoms. The van der Waals surface area contributed by atoms with E-state index >= 15 is 0 Å². The predicted octanol–water partition coefficient (Wildman–Crippen LogP) is 3.92. The van der Waals surface area contributed by atoms with Gasteiger partial charge in [-0.2, -0.15) is 0 Å². The molecule has 3 N–H and O–H groups in total. The first-order valence-corrected chi connectivity index (χ1v) is 9.41. The molecule has 0 aliphatic carbocycles. The largest absolute Gasteiger partial charge is 0.395 e. The van der Waals surface area contributed by atoms with Crippen molar-refractivity contribution >= 4 is 38.9 Å². The van der Waals surface area contributed by atoms with Crippen LogP contribution >= 0.6 is 0 Å². The molecule has 4 rings (SSSR count). The van der Waals surface area contributed by atoms with Crippen LogP contribution in [0.25, 0.3) is 21.8 Å². The summed E-state index contributed by atoms with van der Waals surface area (Å²) in [6.07, 6.45) is 0. The lowest BCUT2D eigenvalue weighted by molar-refractivity contribution is 0.281. The number of pyridine rings is 1. The van der Waals surface area contributed by atoms with Crippen LogP contribution in [0.15, 0.2) is 72.8 Å². The molecule has 142 valence electrons. The molecule has 0 unspecified atom stereocenters. The van der Waals surface area contributed by atoms with Gasteiger partial charge in [-0.05, 0) is 36.4 Å². The molecule has 0 atom stereocenters. The van der Waals surface area contributed by atoms with Crippen molar-refractivity contribution in [1.82, 2.24) is 4.98 Å². The highest BCUT2D eigenvalue weighted by Gasteiger charge is 2.10. The Morgan fingerprint density at radius 3 is 1.79 bits per heavy atom. The topological polar surface area (TPSA) is 68.6 Å². The molecule has 1 aromatic heterocycles. The zero-order chi connectivity index (χ0) is 19.3. The van der Waals surface area contributed by atoms with Gasteiger partial charge in [0.1, 0.15) is 0 Å². The SMILES string of the molecule is OCCN(CCO)c1ccc(Nc2c3ccccc3nc3ccccc23)cc1. The van der Waals surface area contributed by atoms with Gasteiger partial charge >= 0.3 is 0 Å². The number of aliphatic hydroxyl groups excluding tert-OH is 2. The summed E-state index contributed by atoms with van der Waals surface area (Å²) in [5.74, 6) is 0. The maximum absolute atomic E-state index is 9.23. The molecule has 0 bridgehead atoms. The summed E-state index contributed by atoms with van der Waals surface area (Å²) in [4.78, 5) is 6.72. The second-order valence-corrected chi connectivity index (χ2v) is 6.63. The van der Waals surface area contributed by atoms with E-state index in [4.69, 9.17) is 4.98 Å².